The molecule has 0 spiro atoms. The van der Waals surface area contributed by atoms with Crippen LogP contribution in [0.1, 0.15) is 0 Å². The van der Waals surface area contributed by atoms with E-state index in [1.807, 2.05) is 0 Å². The van der Waals surface area contributed by atoms with Gasteiger partial charge >= 0.3 is 68.3 Å². The summed E-state index contributed by atoms with van der Waals surface area (Å²) in [5.41, 5.74) is 0. The second kappa shape index (κ2) is 18.9. The summed E-state index contributed by atoms with van der Waals surface area (Å²) in [6, 6.07) is 0. The normalized spacial score (nSPS) is 0. The van der Waals surface area contributed by atoms with Gasteiger partial charge in [0.15, 0.2) is 0 Å². The molecule has 2 nitrogen and oxygen atoms in total. The average molecular weight is 260 g/mol. The van der Waals surface area contributed by atoms with Crippen LogP contribution in [0.5, 0.6) is 0 Å². The monoisotopic (exact) mass is 260 g/mol. The molecule has 0 unspecified atom stereocenters. The van der Waals surface area contributed by atoms with E-state index < -0.39 is 0 Å². The van der Waals surface area contributed by atoms with Gasteiger partial charge in [0, 0.05) is 0 Å². The Morgan fingerprint density at radius 1 is 0.750 bits per heavy atom. The van der Waals surface area contributed by atoms with Crippen molar-refractivity contribution in [2.75, 3.05) is 0 Å². The minimum Gasteiger partial charge on any atom is -2.00 e. The predicted octanol–water partition coefficient (Wildman–Crippen LogP) is -0.240. The summed E-state index contributed by atoms with van der Waals surface area (Å²) in [5, 5.41) is 0. The van der Waals surface area contributed by atoms with Crippen LogP contribution in [0.15, 0.2) is 0 Å². The van der Waals surface area contributed by atoms with E-state index in [0.717, 1.165) is 0 Å². The van der Waals surface area contributed by atoms with Gasteiger partial charge in [-0.2, -0.15) is 0 Å². The maximum Gasteiger partial charge on any atom is 3.00 e. The van der Waals surface area contributed by atoms with Gasteiger partial charge in [0.25, 0.3) is 0 Å². The number of hydrogen-bond acceptors (Lipinski definition) is 0. The van der Waals surface area contributed by atoms with Crippen molar-refractivity contribution < 1.29 is 79.3 Å². The van der Waals surface area contributed by atoms with Crippen molar-refractivity contribution in [1.29, 1.82) is 0 Å². The molecule has 0 aromatic carbocycles. The number of rotatable bonds is 0. The van der Waals surface area contributed by atoms with Crippen molar-refractivity contribution in [1.82, 2.24) is 0 Å². The fraction of sp³-hybridized carbons (Fsp3) is 0. The number of hydrogen-bond donors (Lipinski definition) is 0. The zero-order chi connectivity index (χ0) is 0. The van der Waals surface area contributed by atoms with Crippen LogP contribution >= 0.6 is 0 Å². The van der Waals surface area contributed by atoms with Crippen LogP contribution in [0, 0.1) is 35.6 Å². The van der Waals surface area contributed by atoms with E-state index in [4.69, 9.17) is 0 Å². The molecule has 0 heterocycles. The fourth-order valence-electron chi connectivity index (χ4n) is 0. The van der Waals surface area contributed by atoms with E-state index in [2.05, 4.69) is 0 Å². The molecule has 16 valence electrons. The van der Waals surface area contributed by atoms with Crippen LogP contribution in [0.25, 0.3) is 0 Å². The van der Waals surface area contributed by atoms with Gasteiger partial charge in [-0.1, -0.05) is 0 Å². The third kappa shape index (κ3) is 8.88. The van der Waals surface area contributed by atoms with Gasteiger partial charge in [-0.05, 0) is 0 Å². The Hall–Kier alpha value is 2.22. The minimum atomic E-state index is 0. The van der Waals surface area contributed by atoms with Crippen LogP contribution in [0.2, 0.25) is 0 Å². The summed E-state index contributed by atoms with van der Waals surface area (Å²) in [4.78, 5) is 0. The summed E-state index contributed by atoms with van der Waals surface area (Å²) in [7, 11) is 0. The molecule has 0 aliphatic heterocycles. The molecule has 0 aromatic heterocycles. The quantitative estimate of drug-likeness (QED) is 0.577. The van der Waals surface area contributed by atoms with E-state index in [9.17, 15) is 0 Å². The topological polar surface area (TPSA) is 57.0 Å². The molecular formula is LaO2Y+2. The van der Waals surface area contributed by atoms with Crippen molar-refractivity contribution in [3.05, 3.63) is 0 Å². The first-order chi connectivity index (χ1) is 0. The third-order valence-electron chi connectivity index (χ3n) is 0. The van der Waals surface area contributed by atoms with Crippen LogP contribution in [0.3, 0.4) is 0 Å². The summed E-state index contributed by atoms with van der Waals surface area (Å²) < 4.78 is 0. The second-order valence-electron chi connectivity index (χ2n) is 0. The van der Waals surface area contributed by atoms with Crippen LogP contribution < -0.4 is 0 Å². The molecule has 0 fully saturated rings. The van der Waals surface area contributed by atoms with E-state index >= 15 is 0 Å². The molecule has 0 aliphatic carbocycles. The zero-order valence-electron chi connectivity index (χ0n) is 1.97. The smallest absolute Gasteiger partial charge is 2.00 e. The van der Waals surface area contributed by atoms with Crippen molar-refractivity contribution >= 4 is 0 Å². The van der Waals surface area contributed by atoms with Crippen molar-refractivity contribution in [2.45, 2.75) is 0 Å². The van der Waals surface area contributed by atoms with Crippen LogP contribution in [0.4, 0.5) is 0 Å². The molecule has 0 aromatic rings. The molecule has 0 atom stereocenters. The Kier molecular flexibility index (Phi) is 162. The summed E-state index contributed by atoms with van der Waals surface area (Å²) in [5.74, 6) is 0. The molecule has 0 bridgehead atoms. The first-order valence-corrected chi connectivity index (χ1v) is 0. The van der Waals surface area contributed by atoms with Crippen molar-refractivity contribution in [3.8, 4) is 0 Å². The van der Waals surface area contributed by atoms with E-state index in [0.29, 0.717) is 0 Å². The largest absolute Gasteiger partial charge is 3.00 e. The molecule has 4 heteroatoms. The maximum absolute atomic E-state index is 0. The molecule has 0 aliphatic rings. The van der Waals surface area contributed by atoms with Gasteiger partial charge in [-0.25, -0.2) is 0 Å². The van der Waals surface area contributed by atoms with Gasteiger partial charge in [0.2, 0.25) is 0 Å². The van der Waals surface area contributed by atoms with Crippen molar-refractivity contribution in [3.63, 3.8) is 0 Å². The standard InChI is InChI=1S/La.2O.Y/q+3;2*-2;+3. The van der Waals surface area contributed by atoms with Gasteiger partial charge in [-0.3, -0.25) is 0 Å². The SMILES string of the molecule is [La+3].[O-2].[O-2].[Y+3]. The second-order valence-corrected chi connectivity index (χ2v) is 0. The molecule has 0 rings (SSSR count). The summed E-state index contributed by atoms with van der Waals surface area (Å²) >= 11 is 0. The molecular weight excluding hydrogens is 260 g/mol. The Balaban J connectivity index is 0. The molecule has 4 heavy (non-hydrogen) atoms. The van der Waals surface area contributed by atoms with Gasteiger partial charge in [0.1, 0.15) is 0 Å². The Morgan fingerprint density at radius 3 is 0.750 bits per heavy atom. The molecule has 0 amide bonds. The predicted molar refractivity (Wildman–Crippen MR) is 1.37 cm³/mol. The van der Waals surface area contributed by atoms with Gasteiger partial charge < -0.3 is 11.0 Å². The summed E-state index contributed by atoms with van der Waals surface area (Å²) in [6.45, 7) is 0. The van der Waals surface area contributed by atoms with E-state index in [-0.39, 0.29) is 79.3 Å². The Morgan fingerprint density at radius 2 is 0.750 bits per heavy atom. The zero-order valence-corrected chi connectivity index (χ0v) is 8.44. The average Bonchev–Trinajstić information content (AvgIpc) is 0. The first kappa shape index (κ1) is 34.4. The molecule has 0 saturated heterocycles. The fourth-order valence-corrected chi connectivity index (χ4v) is 0. The molecule has 0 saturated carbocycles. The van der Waals surface area contributed by atoms with E-state index in [1.165, 1.54) is 0 Å². The van der Waals surface area contributed by atoms with Gasteiger partial charge in [0.05, 0.1) is 0 Å². The van der Waals surface area contributed by atoms with Gasteiger partial charge in [-0.15, -0.1) is 0 Å². The van der Waals surface area contributed by atoms with Crippen LogP contribution in [-0.4, -0.2) is 0 Å². The first-order valence-electron chi connectivity index (χ1n) is 0. The maximum atomic E-state index is 0. The van der Waals surface area contributed by atoms with Crippen LogP contribution in [-0.2, 0) is 43.7 Å². The third-order valence-corrected chi connectivity index (χ3v) is 0. The molecule has 0 N–H and O–H groups in total. The Labute approximate surface area is 77.8 Å². The minimum absolute atomic E-state index is 0. The van der Waals surface area contributed by atoms with Crippen molar-refractivity contribution in [2.24, 2.45) is 0 Å². The van der Waals surface area contributed by atoms with E-state index in [1.54, 1.807) is 0 Å². The summed E-state index contributed by atoms with van der Waals surface area (Å²) in [6.07, 6.45) is 0. The molecule has 0 radical (unpaired) electrons. The Bertz CT molecular complexity index is 6.00.